The molecule has 2 N–H and O–H groups in total. The summed E-state index contributed by atoms with van der Waals surface area (Å²) in [5.74, 6) is -1.65. The molecular weight excluding hydrogens is 151 g/mol. The molecule has 0 aliphatic rings. The molecule has 1 aromatic carbocycles. The third-order valence-electron chi connectivity index (χ3n) is 1.22. The standard InChI is InChI=1S/C7H7FO3/c1-11-7-5(9)2-4(8)3-6(7)10/h2-3,9-10H,1H3. The van der Waals surface area contributed by atoms with Crippen molar-refractivity contribution in [2.75, 3.05) is 7.11 Å². The van der Waals surface area contributed by atoms with Gasteiger partial charge in [0.2, 0.25) is 5.75 Å². The van der Waals surface area contributed by atoms with E-state index < -0.39 is 17.3 Å². The number of phenolic OH excluding ortho intramolecular Hbond substituents is 2. The van der Waals surface area contributed by atoms with E-state index in [0.717, 1.165) is 12.1 Å². The number of phenols is 2. The topological polar surface area (TPSA) is 49.7 Å². The van der Waals surface area contributed by atoms with Crippen molar-refractivity contribution in [1.82, 2.24) is 0 Å². The summed E-state index contributed by atoms with van der Waals surface area (Å²) in [5, 5.41) is 17.9. The number of benzene rings is 1. The van der Waals surface area contributed by atoms with Gasteiger partial charge < -0.3 is 14.9 Å². The molecule has 0 aromatic heterocycles. The minimum atomic E-state index is -0.708. The maximum absolute atomic E-state index is 12.4. The first kappa shape index (κ1) is 7.65. The van der Waals surface area contributed by atoms with E-state index in [-0.39, 0.29) is 5.75 Å². The van der Waals surface area contributed by atoms with E-state index in [9.17, 15) is 4.39 Å². The molecule has 0 spiro atoms. The van der Waals surface area contributed by atoms with Crippen LogP contribution >= 0.6 is 0 Å². The molecule has 11 heavy (non-hydrogen) atoms. The van der Waals surface area contributed by atoms with Crippen LogP contribution in [0.1, 0.15) is 0 Å². The van der Waals surface area contributed by atoms with Gasteiger partial charge in [-0.25, -0.2) is 4.39 Å². The summed E-state index contributed by atoms with van der Waals surface area (Å²) >= 11 is 0. The summed E-state index contributed by atoms with van der Waals surface area (Å²) in [6, 6.07) is 1.72. The van der Waals surface area contributed by atoms with E-state index in [1.807, 2.05) is 0 Å². The van der Waals surface area contributed by atoms with Crippen molar-refractivity contribution < 1.29 is 19.3 Å². The minimum absolute atomic E-state index is 0.119. The minimum Gasteiger partial charge on any atom is -0.504 e. The van der Waals surface area contributed by atoms with Crippen LogP contribution < -0.4 is 4.74 Å². The van der Waals surface area contributed by atoms with Gasteiger partial charge in [0.05, 0.1) is 7.11 Å². The average Bonchev–Trinajstić information content (AvgIpc) is 1.85. The Bertz CT molecular complexity index is 249. The Morgan fingerprint density at radius 2 is 1.73 bits per heavy atom. The summed E-state index contributed by atoms with van der Waals surface area (Å²) in [7, 11) is 1.27. The van der Waals surface area contributed by atoms with Gasteiger partial charge in [0.15, 0.2) is 11.5 Å². The lowest BCUT2D eigenvalue weighted by Crippen LogP contribution is -1.85. The van der Waals surface area contributed by atoms with E-state index in [1.165, 1.54) is 7.11 Å². The van der Waals surface area contributed by atoms with Crippen molar-refractivity contribution in [3.8, 4) is 17.2 Å². The van der Waals surface area contributed by atoms with Gasteiger partial charge in [0, 0.05) is 12.1 Å². The Morgan fingerprint density at radius 1 is 1.27 bits per heavy atom. The van der Waals surface area contributed by atoms with Crippen LogP contribution in [-0.2, 0) is 0 Å². The first-order valence-corrected chi connectivity index (χ1v) is 2.90. The third kappa shape index (κ3) is 1.34. The summed E-state index contributed by atoms with van der Waals surface area (Å²) < 4.78 is 16.9. The molecule has 0 aliphatic heterocycles. The summed E-state index contributed by atoms with van der Waals surface area (Å²) in [6.07, 6.45) is 0. The summed E-state index contributed by atoms with van der Waals surface area (Å²) in [5.41, 5.74) is 0. The molecule has 0 heterocycles. The molecule has 0 atom stereocenters. The number of hydrogen-bond acceptors (Lipinski definition) is 3. The van der Waals surface area contributed by atoms with Gasteiger partial charge >= 0.3 is 0 Å². The zero-order valence-electron chi connectivity index (χ0n) is 5.84. The van der Waals surface area contributed by atoms with Gasteiger partial charge in [-0.15, -0.1) is 0 Å². The highest BCUT2D eigenvalue weighted by Gasteiger charge is 2.08. The van der Waals surface area contributed by atoms with Gasteiger partial charge in [0.1, 0.15) is 5.82 Å². The molecule has 3 nitrogen and oxygen atoms in total. The number of ether oxygens (including phenoxy) is 1. The molecule has 0 unspecified atom stereocenters. The van der Waals surface area contributed by atoms with E-state index in [4.69, 9.17) is 10.2 Å². The Balaban J connectivity index is 3.25. The molecule has 0 saturated carbocycles. The van der Waals surface area contributed by atoms with E-state index in [2.05, 4.69) is 4.74 Å². The molecule has 1 aromatic rings. The Morgan fingerprint density at radius 3 is 2.09 bits per heavy atom. The monoisotopic (exact) mass is 158 g/mol. The van der Waals surface area contributed by atoms with Crippen molar-refractivity contribution in [2.24, 2.45) is 0 Å². The van der Waals surface area contributed by atoms with Gasteiger partial charge in [0.25, 0.3) is 0 Å². The molecular formula is C7H7FO3. The smallest absolute Gasteiger partial charge is 0.202 e. The number of methoxy groups -OCH3 is 1. The predicted molar refractivity (Wildman–Crippen MR) is 36.3 cm³/mol. The maximum Gasteiger partial charge on any atom is 0.202 e. The SMILES string of the molecule is COc1c(O)cc(F)cc1O. The first-order chi connectivity index (χ1) is 5.15. The van der Waals surface area contributed by atoms with Crippen molar-refractivity contribution >= 4 is 0 Å². The van der Waals surface area contributed by atoms with E-state index in [1.54, 1.807) is 0 Å². The van der Waals surface area contributed by atoms with Crippen LogP contribution in [0.4, 0.5) is 4.39 Å². The Hall–Kier alpha value is -1.45. The van der Waals surface area contributed by atoms with Crippen molar-refractivity contribution in [1.29, 1.82) is 0 Å². The van der Waals surface area contributed by atoms with Crippen LogP contribution in [0.3, 0.4) is 0 Å². The molecule has 0 radical (unpaired) electrons. The summed E-state index contributed by atoms with van der Waals surface area (Å²) in [4.78, 5) is 0. The fourth-order valence-corrected chi connectivity index (χ4v) is 0.774. The highest BCUT2D eigenvalue weighted by atomic mass is 19.1. The normalized spacial score (nSPS) is 9.64. The van der Waals surface area contributed by atoms with Crippen molar-refractivity contribution in [3.05, 3.63) is 17.9 Å². The lowest BCUT2D eigenvalue weighted by atomic mass is 10.3. The van der Waals surface area contributed by atoms with Crippen LogP contribution in [-0.4, -0.2) is 17.3 Å². The molecule has 0 saturated heterocycles. The second-order valence-corrected chi connectivity index (χ2v) is 1.98. The quantitative estimate of drug-likeness (QED) is 0.646. The van der Waals surface area contributed by atoms with Gasteiger partial charge in [-0.1, -0.05) is 0 Å². The molecule has 4 heteroatoms. The lowest BCUT2D eigenvalue weighted by Gasteiger charge is -2.04. The first-order valence-electron chi connectivity index (χ1n) is 2.90. The predicted octanol–water partition coefficient (Wildman–Crippen LogP) is 1.25. The van der Waals surface area contributed by atoms with Gasteiger partial charge in [-0.05, 0) is 0 Å². The van der Waals surface area contributed by atoms with Gasteiger partial charge in [-0.3, -0.25) is 0 Å². The Kier molecular flexibility index (Phi) is 1.85. The van der Waals surface area contributed by atoms with Crippen molar-refractivity contribution in [3.63, 3.8) is 0 Å². The lowest BCUT2D eigenvalue weighted by molar-refractivity contribution is 0.341. The zero-order valence-corrected chi connectivity index (χ0v) is 5.84. The second kappa shape index (κ2) is 2.65. The summed E-state index contributed by atoms with van der Waals surface area (Å²) in [6.45, 7) is 0. The largest absolute Gasteiger partial charge is 0.504 e. The fourth-order valence-electron chi connectivity index (χ4n) is 0.774. The van der Waals surface area contributed by atoms with Crippen LogP contribution in [0.25, 0.3) is 0 Å². The molecule has 0 amide bonds. The molecule has 0 aliphatic carbocycles. The highest BCUT2D eigenvalue weighted by Crippen LogP contribution is 2.35. The van der Waals surface area contributed by atoms with Gasteiger partial charge in [-0.2, -0.15) is 0 Å². The molecule has 1 rings (SSSR count). The second-order valence-electron chi connectivity index (χ2n) is 1.98. The van der Waals surface area contributed by atoms with Crippen LogP contribution in [0, 0.1) is 5.82 Å². The molecule has 0 bridgehead atoms. The maximum atomic E-state index is 12.4. The number of hydrogen-bond donors (Lipinski definition) is 2. The third-order valence-corrected chi connectivity index (χ3v) is 1.22. The van der Waals surface area contributed by atoms with Crippen LogP contribution in [0.2, 0.25) is 0 Å². The number of rotatable bonds is 1. The van der Waals surface area contributed by atoms with Crippen LogP contribution in [0.5, 0.6) is 17.2 Å². The zero-order chi connectivity index (χ0) is 8.43. The van der Waals surface area contributed by atoms with Crippen molar-refractivity contribution in [2.45, 2.75) is 0 Å². The average molecular weight is 158 g/mol. The fraction of sp³-hybridized carbons (Fsp3) is 0.143. The highest BCUT2D eigenvalue weighted by molar-refractivity contribution is 5.49. The number of halogens is 1. The molecule has 0 fully saturated rings. The number of aromatic hydroxyl groups is 2. The van der Waals surface area contributed by atoms with E-state index in [0.29, 0.717) is 0 Å². The van der Waals surface area contributed by atoms with Crippen LogP contribution in [0.15, 0.2) is 12.1 Å². The van der Waals surface area contributed by atoms with E-state index >= 15 is 0 Å². The molecule has 60 valence electrons. The Labute approximate surface area is 62.7 Å².